The zero-order chi connectivity index (χ0) is 16.1. The average Bonchev–Trinajstić information content (AvgIpc) is 3.08. The second kappa shape index (κ2) is 7.17. The van der Waals surface area contributed by atoms with Crippen LogP contribution in [0.4, 0.5) is 5.95 Å². The smallest absolute Gasteiger partial charge is 0.303 e. The van der Waals surface area contributed by atoms with E-state index in [0.29, 0.717) is 18.4 Å². The van der Waals surface area contributed by atoms with Crippen LogP contribution in [0.2, 0.25) is 0 Å². The number of aliphatic carboxylic acids is 1. The standard InChI is InChI=1S/C17H21N3O3/c21-16(22)11-13-10-15(13)12-2-4-14(5-3-12)23-9-1-6-18-17-19-7-8-20-17/h2-5,7-8,13,15H,1,6,9-11H2,(H,21,22)(H2,18,19,20). The molecule has 0 aliphatic heterocycles. The molecule has 122 valence electrons. The van der Waals surface area contributed by atoms with Gasteiger partial charge in [0, 0.05) is 25.4 Å². The fraction of sp³-hybridized carbons (Fsp3) is 0.412. The minimum atomic E-state index is -0.708. The van der Waals surface area contributed by atoms with E-state index < -0.39 is 5.97 Å². The summed E-state index contributed by atoms with van der Waals surface area (Å²) in [6, 6.07) is 8.02. The third kappa shape index (κ3) is 4.48. The zero-order valence-corrected chi connectivity index (χ0v) is 12.9. The minimum absolute atomic E-state index is 0.269. The van der Waals surface area contributed by atoms with Crippen LogP contribution < -0.4 is 10.1 Å². The van der Waals surface area contributed by atoms with Gasteiger partial charge in [-0.1, -0.05) is 12.1 Å². The highest BCUT2D eigenvalue weighted by atomic mass is 16.5. The number of carboxylic acid groups (broad SMARTS) is 1. The lowest BCUT2D eigenvalue weighted by Gasteiger charge is -2.08. The first-order chi connectivity index (χ1) is 11.2. The molecule has 0 amide bonds. The summed E-state index contributed by atoms with van der Waals surface area (Å²) < 4.78 is 5.71. The summed E-state index contributed by atoms with van der Waals surface area (Å²) in [5, 5.41) is 12.0. The lowest BCUT2D eigenvalue weighted by atomic mass is 10.1. The van der Waals surface area contributed by atoms with Crippen LogP contribution in [-0.4, -0.2) is 34.2 Å². The molecule has 1 aromatic heterocycles. The summed E-state index contributed by atoms with van der Waals surface area (Å²) in [5.41, 5.74) is 1.21. The molecule has 1 saturated carbocycles. The van der Waals surface area contributed by atoms with Gasteiger partial charge in [0.05, 0.1) is 6.61 Å². The van der Waals surface area contributed by atoms with Gasteiger partial charge in [0.2, 0.25) is 0 Å². The molecule has 1 heterocycles. The number of aromatic nitrogens is 2. The second-order valence-electron chi connectivity index (χ2n) is 5.84. The Kier molecular flexibility index (Phi) is 4.80. The van der Waals surface area contributed by atoms with Crippen molar-refractivity contribution < 1.29 is 14.6 Å². The first kappa shape index (κ1) is 15.4. The van der Waals surface area contributed by atoms with Gasteiger partial charge in [-0.3, -0.25) is 4.79 Å². The van der Waals surface area contributed by atoms with Crippen LogP contribution in [0.1, 0.15) is 30.7 Å². The van der Waals surface area contributed by atoms with Gasteiger partial charge in [0.25, 0.3) is 0 Å². The highest BCUT2D eigenvalue weighted by molar-refractivity contribution is 5.67. The largest absolute Gasteiger partial charge is 0.494 e. The second-order valence-corrected chi connectivity index (χ2v) is 5.84. The minimum Gasteiger partial charge on any atom is -0.494 e. The molecule has 2 unspecified atom stereocenters. The Morgan fingerprint density at radius 3 is 2.91 bits per heavy atom. The van der Waals surface area contributed by atoms with Crippen molar-refractivity contribution in [3.05, 3.63) is 42.2 Å². The highest BCUT2D eigenvalue weighted by Crippen LogP contribution is 2.49. The van der Waals surface area contributed by atoms with Crippen LogP contribution in [0.25, 0.3) is 0 Å². The number of benzene rings is 1. The quantitative estimate of drug-likeness (QED) is 0.619. The molecular weight excluding hydrogens is 294 g/mol. The molecule has 3 rings (SSSR count). The van der Waals surface area contributed by atoms with Crippen molar-refractivity contribution in [2.75, 3.05) is 18.5 Å². The van der Waals surface area contributed by atoms with Gasteiger partial charge in [0.1, 0.15) is 5.75 Å². The van der Waals surface area contributed by atoms with Crippen LogP contribution in [0, 0.1) is 5.92 Å². The molecule has 2 aromatic rings. The topological polar surface area (TPSA) is 87.2 Å². The molecule has 3 N–H and O–H groups in total. The summed E-state index contributed by atoms with van der Waals surface area (Å²) in [5.74, 6) is 1.61. The lowest BCUT2D eigenvalue weighted by molar-refractivity contribution is -0.137. The Morgan fingerprint density at radius 1 is 1.39 bits per heavy atom. The summed E-state index contributed by atoms with van der Waals surface area (Å²) in [7, 11) is 0. The van der Waals surface area contributed by atoms with Crippen LogP contribution in [0.3, 0.4) is 0 Å². The fourth-order valence-electron chi connectivity index (χ4n) is 2.75. The summed E-state index contributed by atoms with van der Waals surface area (Å²) in [6.45, 7) is 1.43. The fourth-order valence-corrected chi connectivity index (χ4v) is 2.75. The van der Waals surface area contributed by atoms with Crippen LogP contribution in [0.15, 0.2) is 36.7 Å². The molecule has 1 aliphatic carbocycles. The number of anilines is 1. The number of rotatable bonds is 9. The number of imidazole rings is 1. The predicted molar refractivity (Wildman–Crippen MR) is 86.7 cm³/mol. The van der Waals surface area contributed by atoms with E-state index in [2.05, 4.69) is 15.3 Å². The maximum Gasteiger partial charge on any atom is 0.303 e. The van der Waals surface area contributed by atoms with Gasteiger partial charge >= 0.3 is 5.97 Å². The third-order valence-corrected chi connectivity index (χ3v) is 4.05. The summed E-state index contributed by atoms with van der Waals surface area (Å²) >= 11 is 0. The molecule has 1 aliphatic rings. The Bertz CT molecular complexity index is 625. The van der Waals surface area contributed by atoms with E-state index >= 15 is 0 Å². The zero-order valence-electron chi connectivity index (χ0n) is 12.9. The number of carbonyl (C=O) groups is 1. The van der Waals surface area contributed by atoms with Crippen molar-refractivity contribution in [1.29, 1.82) is 0 Å². The summed E-state index contributed by atoms with van der Waals surface area (Å²) in [6.07, 6.45) is 5.62. The van der Waals surface area contributed by atoms with Crippen molar-refractivity contribution in [2.24, 2.45) is 5.92 Å². The Morgan fingerprint density at radius 2 is 2.22 bits per heavy atom. The Hall–Kier alpha value is -2.50. The van der Waals surface area contributed by atoms with E-state index in [1.54, 1.807) is 12.4 Å². The molecule has 0 saturated heterocycles. The van der Waals surface area contributed by atoms with Crippen molar-refractivity contribution in [3.8, 4) is 5.75 Å². The van der Waals surface area contributed by atoms with E-state index in [1.165, 1.54) is 5.56 Å². The van der Waals surface area contributed by atoms with Gasteiger partial charge in [-0.2, -0.15) is 0 Å². The average molecular weight is 315 g/mol. The maximum absolute atomic E-state index is 10.7. The molecule has 0 spiro atoms. The lowest BCUT2D eigenvalue weighted by Crippen LogP contribution is -2.08. The summed E-state index contributed by atoms with van der Waals surface area (Å²) in [4.78, 5) is 17.8. The van der Waals surface area contributed by atoms with Crippen LogP contribution in [-0.2, 0) is 4.79 Å². The van der Waals surface area contributed by atoms with Crippen molar-refractivity contribution in [1.82, 2.24) is 9.97 Å². The van der Waals surface area contributed by atoms with Gasteiger partial charge < -0.3 is 20.1 Å². The van der Waals surface area contributed by atoms with E-state index in [0.717, 1.165) is 31.1 Å². The molecule has 0 radical (unpaired) electrons. The van der Waals surface area contributed by atoms with Gasteiger partial charge in [0.15, 0.2) is 5.95 Å². The molecule has 23 heavy (non-hydrogen) atoms. The van der Waals surface area contributed by atoms with Crippen molar-refractivity contribution >= 4 is 11.9 Å². The first-order valence-electron chi connectivity index (χ1n) is 7.90. The number of hydrogen-bond acceptors (Lipinski definition) is 4. The Labute approximate surface area is 134 Å². The van der Waals surface area contributed by atoms with Gasteiger partial charge in [-0.05, 0) is 42.4 Å². The highest BCUT2D eigenvalue weighted by Gasteiger charge is 2.39. The third-order valence-electron chi connectivity index (χ3n) is 4.05. The monoisotopic (exact) mass is 315 g/mol. The van der Waals surface area contributed by atoms with Crippen LogP contribution in [0.5, 0.6) is 5.75 Å². The molecule has 1 aromatic carbocycles. The molecule has 0 bridgehead atoms. The number of H-pyrrole nitrogens is 1. The van der Waals surface area contributed by atoms with E-state index in [9.17, 15) is 4.79 Å². The van der Waals surface area contributed by atoms with Crippen LogP contribution >= 0.6 is 0 Å². The van der Waals surface area contributed by atoms with Crippen molar-refractivity contribution in [2.45, 2.75) is 25.2 Å². The number of aromatic amines is 1. The Balaban J connectivity index is 1.36. The number of hydrogen-bond donors (Lipinski definition) is 3. The number of carboxylic acids is 1. The molecule has 1 fully saturated rings. The molecule has 6 heteroatoms. The SMILES string of the molecule is O=C(O)CC1CC1c1ccc(OCCCNc2ncc[nH]2)cc1. The predicted octanol–water partition coefficient (Wildman–Crippen LogP) is 2.87. The number of nitrogens with one attached hydrogen (secondary N) is 2. The molecule has 2 atom stereocenters. The first-order valence-corrected chi connectivity index (χ1v) is 7.90. The number of ether oxygens (including phenoxy) is 1. The van der Waals surface area contributed by atoms with E-state index in [4.69, 9.17) is 9.84 Å². The molecular formula is C17H21N3O3. The van der Waals surface area contributed by atoms with E-state index in [1.807, 2.05) is 24.3 Å². The van der Waals surface area contributed by atoms with Crippen molar-refractivity contribution in [3.63, 3.8) is 0 Å². The molecule has 6 nitrogen and oxygen atoms in total. The number of nitrogens with zero attached hydrogens (tertiary/aromatic N) is 1. The maximum atomic E-state index is 10.7. The normalized spacial score (nSPS) is 19.3. The van der Waals surface area contributed by atoms with Gasteiger partial charge in [-0.15, -0.1) is 0 Å². The van der Waals surface area contributed by atoms with E-state index in [-0.39, 0.29) is 6.42 Å². The van der Waals surface area contributed by atoms with Gasteiger partial charge in [-0.25, -0.2) is 4.98 Å².